The van der Waals surface area contributed by atoms with Crippen molar-refractivity contribution in [3.63, 3.8) is 0 Å². The molecule has 0 fully saturated rings. The standard InChI is InChI=1S/C27H21N3O6S/c1-15-14-21(28-36-15)30-23(17-8-11-18(12-9-17)37(33,34)29(2)3)22-24(31)20-13-10-16-6-4-5-7-19(16)25(20)35-26(22)27(30)32/h4-14,23H,1-3H3. The maximum atomic E-state index is 13.9. The SMILES string of the molecule is Cc1cc(N2C(=O)c3oc4c(ccc5ccccc54)c(=O)c3C2c2ccc(S(=O)(=O)N(C)C)cc2)no1. The zero-order valence-electron chi connectivity index (χ0n) is 20.1. The van der Waals surface area contributed by atoms with Crippen molar-refractivity contribution < 1.29 is 22.2 Å². The number of amides is 1. The summed E-state index contributed by atoms with van der Waals surface area (Å²) in [5.74, 6) is 0.0901. The molecule has 3 heterocycles. The van der Waals surface area contributed by atoms with Crippen molar-refractivity contribution in [1.29, 1.82) is 0 Å². The molecule has 1 aliphatic heterocycles. The third-order valence-corrected chi connectivity index (χ3v) is 8.43. The van der Waals surface area contributed by atoms with E-state index in [0.29, 0.717) is 22.3 Å². The number of nitrogens with zero attached hydrogens (tertiary/aromatic N) is 3. The van der Waals surface area contributed by atoms with E-state index in [4.69, 9.17) is 8.94 Å². The largest absolute Gasteiger partial charge is 0.450 e. The smallest absolute Gasteiger partial charge is 0.296 e. The predicted octanol–water partition coefficient (Wildman–Crippen LogP) is 4.24. The quantitative estimate of drug-likeness (QED) is 0.329. The number of fused-ring (bicyclic) bond motifs is 4. The minimum absolute atomic E-state index is 0.0792. The number of hydrogen-bond donors (Lipinski definition) is 0. The number of rotatable bonds is 4. The molecule has 0 spiro atoms. The molecule has 3 aromatic carbocycles. The molecule has 0 saturated heterocycles. The number of hydrogen-bond acceptors (Lipinski definition) is 7. The second-order valence-electron chi connectivity index (χ2n) is 9.07. The van der Waals surface area contributed by atoms with E-state index < -0.39 is 22.0 Å². The fourth-order valence-corrected chi connectivity index (χ4v) is 5.65. The molecule has 0 aliphatic carbocycles. The second kappa shape index (κ2) is 8.12. The van der Waals surface area contributed by atoms with Gasteiger partial charge in [0.1, 0.15) is 11.3 Å². The number of carbonyl (C=O) groups excluding carboxylic acids is 1. The molecule has 0 radical (unpaired) electrons. The van der Waals surface area contributed by atoms with E-state index in [2.05, 4.69) is 5.16 Å². The van der Waals surface area contributed by atoms with E-state index >= 15 is 0 Å². The number of aromatic nitrogens is 1. The van der Waals surface area contributed by atoms with Crippen molar-refractivity contribution >= 4 is 43.5 Å². The first-order valence-corrected chi connectivity index (χ1v) is 12.9. The van der Waals surface area contributed by atoms with Gasteiger partial charge in [-0.1, -0.05) is 47.6 Å². The lowest BCUT2D eigenvalue weighted by atomic mass is 9.97. The highest BCUT2D eigenvalue weighted by molar-refractivity contribution is 7.89. The summed E-state index contributed by atoms with van der Waals surface area (Å²) in [6, 6.07) is 17.8. The fourth-order valence-electron chi connectivity index (χ4n) is 4.75. The van der Waals surface area contributed by atoms with Crippen LogP contribution in [0.5, 0.6) is 0 Å². The molecule has 1 amide bonds. The van der Waals surface area contributed by atoms with E-state index in [0.717, 1.165) is 15.1 Å². The number of sulfonamides is 1. The summed E-state index contributed by atoms with van der Waals surface area (Å²) in [4.78, 5) is 29.1. The lowest BCUT2D eigenvalue weighted by molar-refractivity contribution is 0.0969. The van der Waals surface area contributed by atoms with E-state index in [1.54, 1.807) is 31.2 Å². The predicted molar refractivity (Wildman–Crippen MR) is 137 cm³/mol. The number of aryl methyl sites for hydroxylation is 1. The summed E-state index contributed by atoms with van der Waals surface area (Å²) in [5, 5.41) is 5.96. The molecular weight excluding hydrogens is 494 g/mol. The van der Waals surface area contributed by atoms with Gasteiger partial charge in [-0.25, -0.2) is 12.7 Å². The average molecular weight is 516 g/mol. The Hall–Kier alpha value is -4.28. The molecule has 0 saturated carbocycles. The van der Waals surface area contributed by atoms with Gasteiger partial charge in [0, 0.05) is 25.5 Å². The summed E-state index contributed by atoms with van der Waals surface area (Å²) >= 11 is 0. The highest BCUT2D eigenvalue weighted by Gasteiger charge is 2.45. The van der Waals surface area contributed by atoms with E-state index in [1.165, 1.54) is 31.1 Å². The van der Waals surface area contributed by atoms with E-state index in [9.17, 15) is 18.0 Å². The van der Waals surface area contributed by atoms with Crippen LogP contribution >= 0.6 is 0 Å². The molecule has 10 heteroatoms. The number of carbonyl (C=O) groups is 1. The van der Waals surface area contributed by atoms with Crippen molar-refractivity contribution in [1.82, 2.24) is 9.46 Å². The lowest BCUT2D eigenvalue weighted by Gasteiger charge is -2.22. The van der Waals surface area contributed by atoms with Gasteiger partial charge in [0.15, 0.2) is 11.2 Å². The first kappa shape index (κ1) is 23.1. The number of benzene rings is 3. The van der Waals surface area contributed by atoms with E-state index in [1.807, 2.05) is 30.3 Å². The Morgan fingerprint density at radius 3 is 2.35 bits per heavy atom. The van der Waals surface area contributed by atoms with Crippen LogP contribution in [-0.4, -0.2) is 37.9 Å². The van der Waals surface area contributed by atoms with Crippen LogP contribution in [0.2, 0.25) is 0 Å². The molecular formula is C27H21N3O6S. The van der Waals surface area contributed by atoms with Crippen molar-refractivity contribution in [2.75, 3.05) is 19.0 Å². The normalized spacial score (nSPS) is 15.7. The summed E-state index contributed by atoms with van der Waals surface area (Å²) in [6.45, 7) is 1.70. The zero-order valence-corrected chi connectivity index (χ0v) is 20.9. The van der Waals surface area contributed by atoms with Crippen LogP contribution < -0.4 is 10.3 Å². The Morgan fingerprint density at radius 1 is 0.946 bits per heavy atom. The van der Waals surface area contributed by atoms with Gasteiger partial charge in [0.05, 0.1) is 21.9 Å². The van der Waals surface area contributed by atoms with Gasteiger partial charge >= 0.3 is 0 Å². The van der Waals surface area contributed by atoms with Crippen molar-refractivity contribution in [3.05, 3.63) is 99.6 Å². The molecule has 1 atom stereocenters. The number of anilines is 1. The van der Waals surface area contributed by atoms with Crippen LogP contribution in [0.25, 0.3) is 21.7 Å². The van der Waals surface area contributed by atoms with Gasteiger partial charge in [-0.15, -0.1) is 0 Å². The van der Waals surface area contributed by atoms with Crippen LogP contribution in [0.1, 0.15) is 33.5 Å². The van der Waals surface area contributed by atoms with Gasteiger partial charge in [-0.05, 0) is 36.1 Å². The molecule has 6 rings (SSSR count). The maximum absolute atomic E-state index is 13.9. The minimum atomic E-state index is -3.66. The summed E-state index contributed by atoms with van der Waals surface area (Å²) in [7, 11) is -0.767. The van der Waals surface area contributed by atoms with E-state index in [-0.39, 0.29) is 27.5 Å². The van der Waals surface area contributed by atoms with Crippen molar-refractivity contribution in [2.24, 2.45) is 0 Å². The highest BCUT2D eigenvalue weighted by Crippen LogP contribution is 2.42. The Balaban J connectivity index is 1.61. The van der Waals surface area contributed by atoms with Gasteiger partial charge in [-0.2, -0.15) is 0 Å². The Bertz CT molecular complexity index is 1890. The lowest BCUT2D eigenvalue weighted by Crippen LogP contribution is -2.30. The Morgan fingerprint density at radius 2 is 1.68 bits per heavy atom. The average Bonchev–Trinajstić information content (AvgIpc) is 3.44. The van der Waals surface area contributed by atoms with Gasteiger partial charge in [0.2, 0.25) is 15.8 Å². The summed E-state index contributed by atoms with van der Waals surface area (Å²) < 4.78 is 37.7. The highest BCUT2D eigenvalue weighted by atomic mass is 32.2. The molecule has 0 bridgehead atoms. The van der Waals surface area contributed by atoms with Gasteiger partial charge in [-0.3, -0.25) is 14.5 Å². The van der Waals surface area contributed by atoms with Gasteiger partial charge < -0.3 is 8.94 Å². The fraction of sp³-hybridized carbons (Fsp3) is 0.148. The van der Waals surface area contributed by atoms with Crippen LogP contribution in [0.15, 0.2) is 85.4 Å². The first-order chi connectivity index (χ1) is 17.7. The molecule has 186 valence electrons. The summed E-state index contributed by atoms with van der Waals surface area (Å²) in [5.41, 5.74) is 0.683. The maximum Gasteiger partial charge on any atom is 0.296 e. The van der Waals surface area contributed by atoms with Crippen LogP contribution in [-0.2, 0) is 10.0 Å². The third kappa shape index (κ3) is 3.40. The van der Waals surface area contributed by atoms with Crippen molar-refractivity contribution in [2.45, 2.75) is 17.9 Å². The zero-order chi connectivity index (χ0) is 26.1. The summed E-state index contributed by atoms with van der Waals surface area (Å²) in [6.07, 6.45) is 0. The molecule has 1 unspecified atom stereocenters. The first-order valence-electron chi connectivity index (χ1n) is 11.5. The Labute approximate surface area is 211 Å². The molecule has 37 heavy (non-hydrogen) atoms. The Kier molecular flexibility index (Phi) is 5.08. The third-order valence-electron chi connectivity index (χ3n) is 6.60. The van der Waals surface area contributed by atoms with Crippen molar-refractivity contribution in [3.8, 4) is 0 Å². The molecule has 9 nitrogen and oxygen atoms in total. The molecule has 1 aliphatic rings. The van der Waals surface area contributed by atoms with Gasteiger partial charge in [0.25, 0.3) is 5.91 Å². The topological polar surface area (TPSA) is 114 Å². The monoisotopic (exact) mass is 515 g/mol. The van der Waals surface area contributed by atoms with Crippen LogP contribution in [0, 0.1) is 6.92 Å². The van der Waals surface area contributed by atoms with Crippen LogP contribution in [0.3, 0.4) is 0 Å². The minimum Gasteiger partial charge on any atom is -0.450 e. The molecule has 5 aromatic rings. The molecule has 0 N–H and O–H groups in total. The molecule has 2 aromatic heterocycles. The van der Waals surface area contributed by atoms with Crippen LogP contribution in [0.4, 0.5) is 5.82 Å². The second-order valence-corrected chi connectivity index (χ2v) is 11.2.